The fourth-order valence-corrected chi connectivity index (χ4v) is 1.88. The molecule has 5 heteroatoms. The molecule has 0 bridgehead atoms. The number of amides is 1. The van der Waals surface area contributed by atoms with E-state index in [9.17, 15) is 9.90 Å². The molecule has 5 nitrogen and oxygen atoms in total. The predicted molar refractivity (Wildman–Crippen MR) is 81.4 cm³/mol. The maximum Gasteiger partial charge on any atom is 0.258 e. The lowest BCUT2D eigenvalue weighted by Crippen LogP contribution is -2.38. The highest BCUT2D eigenvalue weighted by atomic mass is 16.5. The molecule has 0 spiro atoms. The average Bonchev–Trinajstić information content (AvgIpc) is 2.44. The van der Waals surface area contributed by atoms with Gasteiger partial charge in [0.15, 0.2) is 6.61 Å². The van der Waals surface area contributed by atoms with Gasteiger partial charge in [-0.25, -0.2) is 0 Å². The summed E-state index contributed by atoms with van der Waals surface area (Å²) in [4.78, 5) is 11.6. The highest BCUT2D eigenvalue weighted by molar-refractivity contribution is 5.77. The first-order chi connectivity index (χ1) is 10.0. The molecule has 2 N–H and O–H groups in total. The van der Waals surface area contributed by atoms with Crippen molar-refractivity contribution in [2.75, 3.05) is 20.3 Å². The Bertz CT molecular complexity index is 417. The number of hydrogen-bond acceptors (Lipinski definition) is 4. The second kappa shape index (κ2) is 9.37. The molecule has 0 aliphatic carbocycles. The van der Waals surface area contributed by atoms with Gasteiger partial charge in [0, 0.05) is 13.2 Å². The van der Waals surface area contributed by atoms with Gasteiger partial charge < -0.3 is 19.9 Å². The van der Waals surface area contributed by atoms with Crippen molar-refractivity contribution in [1.82, 2.24) is 5.32 Å². The minimum atomic E-state index is -0.293. The molecule has 0 aliphatic rings. The largest absolute Gasteiger partial charge is 0.484 e. The molecule has 0 saturated carbocycles. The lowest BCUT2D eigenvalue weighted by atomic mass is 10.1. The van der Waals surface area contributed by atoms with E-state index in [4.69, 9.17) is 9.47 Å². The lowest BCUT2D eigenvalue weighted by Gasteiger charge is -2.13. The summed E-state index contributed by atoms with van der Waals surface area (Å²) in [6.45, 7) is 4.11. The van der Waals surface area contributed by atoms with Crippen molar-refractivity contribution in [3.05, 3.63) is 29.8 Å². The summed E-state index contributed by atoms with van der Waals surface area (Å²) in [7, 11) is 1.60. The molecule has 1 aromatic rings. The first-order valence-corrected chi connectivity index (χ1v) is 7.19. The van der Waals surface area contributed by atoms with Crippen LogP contribution in [0.15, 0.2) is 24.3 Å². The zero-order valence-electron chi connectivity index (χ0n) is 13.0. The third-order valence-electron chi connectivity index (χ3n) is 2.97. The zero-order valence-corrected chi connectivity index (χ0v) is 13.0. The van der Waals surface area contributed by atoms with E-state index in [0.717, 1.165) is 18.4 Å². The fourth-order valence-electron chi connectivity index (χ4n) is 1.88. The van der Waals surface area contributed by atoms with Gasteiger partial charge >= 0.3 is 0 Å². The molecular weight excluding hydrogens is 270 g/mol. The van der Waals surface area contributed by atoms with Crippen LogP contribution in [0, 0.1) is 0 Å². The normalized spacial score (nSPS) is 13.5. The summed E-state index contributed by atoms with van der Waals surface area (Å²) in [5, 5.41) is 12.0. The van der Waals surface area contributed by atoms with Crippen molar-refractivity contribution in [1.29, 1.82) is 0 Å². The van der Waals surface area contributed by atoms with Gasteiger partial charge in [-0.2, -0.15) is 0 Å². The Balaban J connectivity index is 2.33. The first kappa shape index (κ1) is 17.5. The van der Waals surface area contributed by atoms with Crippen LogP contribution in [-0.2, 0) is 16.0 Å². The van der Waals surface area contributed by atoms with Crippen LogP contribution < -0.4 is 10.1 Å². The maximum atomic E-state index is 11.6. The van der Waals surface area contributed by atoms with E-state index in [1.165, 1.54) is 0 Å². The van der Waals surface area contributed by atoms with Gasteiger partial charge in [-0.1, -0.05) is 12.1 Å². The van der Waals surface area contributed by atoms with Gasteiger partial charge in [0.2, 0.25) is 0 Å². The SMILES string of the molecule is COCC(C)NC(=O)COc1ccc(CCC(C)O)cc1. The number of ether oxygens (including phenoxy) is 2. The van der Waals surface area contributed by atoms with Crippen molar-refractivity contribution in [2.24, 2.45) is 0 Å². The van der Waals surface area contributed by atoms with E-state index >= 15 is 0 Å². The molecule has 1 rings (SSSR count). The van der Waals surface area contributed by atoms with Crippen molar-refractivity contribution in [3.63, 3.8) is 0 Å². The molecule has 0 fully saturated rings. The third-order valence-corrected chi connectivity index (χ3v) is 2.97. The van der Waals surface area contributed by atoms with Crippen molar-refractivity contribution >= 4 is 5.91 Å². The molecule has 2 atom stereocenters. The molecule has 0 heterocycles. The van der Waals surface area contributed by atoms with Crippen LogP contribution in [0.5, 0.6) is 5.75 Å². The van der Waals surface area contributed by atoms with E-state index in [2.05, 4.69) is 5.32 Å². The van der Waals surface area contributed by atoms with Crippen molar-refractivity contribution < 1.29 is 19.4 Å². The smallest absolute Gasteiger partial charge is 0.258 e. The summed E-state index contributed by atoms with van der Waals surface area (Å²) < 4.78 is 10.4. The molecule has 118 valence electrons. The quantitative estimate of drug-likeness (QED) is 0.725. The Labute approximate surface area is 126 Å². The maximum absolute atomic E-state index is 11.6. The van der Waals surface area contributed by atoms with E-state index < -0.39 is 0 Å². The number of aryl methyl sites for hydroxylation is 1. The Hall–Kier alpha value is -1.59. The predicted octanol–water partition coefficient (Wildman–Crippen LogP) is 1.53. The van der Waals surface area contributed by atoms with Gasteiger partial charge in [-0.05, 0) is 44.4 Å². The summed E-state index contributed by atoms with van der Waals surface area (Å²) >= 11 is 0. The van der Waals surface area contributed by atoms with Crippen molar-refractivity contribution in [2.45, 2.75) is 38.8 Å². The topological polar surface area (TPSA) is 67.8 Å². The van der Waals surface area contributed by atoms with E-state index in [1.54, 1.807) is 14.0 Å². The molecule has 1 aromatic carbocycles. The number of nitrogens with one attached hydrogen (secondary N) is 1. The van der Waals surface area contributed by atoms with Crippen LogP contribution >= 0.6 is 0 Å². The van der Waals surface area contributed by atoms with Crippen LogP contribution in [0.25, 0.3) is 0 Å². The Morgan fingerprint density at radius 3 is 2.52 bits per heavy atom. The molecule has 1 amide bonds. The van der Waals surface area contributed by atoms with Crippen molar-refractivity contribution in [3.8, 4) is 5.75 Å². The first-order valence-electron chi connectivity index (χ1n) is 7.19. The van der Waals surface area contributed by atoms with Crippen LogP contribution in [0.3, 0.4) is 0 Å². The summed E-state index contributed by atoms with van der Waals surface area (Å²) in [5.74, 6) is 0.489. The minimum absolute atomic E-state index is 0.0128. The Morgan fingerprint density at radius 1 is 1.29 bits per heavy atom. The Morgan fingerprint density at radius 2 is 1.95 bits per heavy atom. The van der Waals surface area contributed by atoms with Crippen LogP contribution in [-0.4, -0.2) is 43.5 Å². The van der Waals surface area contributed by atoms with E-state index in [-0.39, 0.29) is 24.7 Å². The van der Waals surface area contributed by atoms with Gasteiger partial charge in [-0.15, -0.1) is 0 Å². The fraction of sp³-hybridized carbons (Fsp3) is 0.562. The average molecular weight is 295 g/mol. The summed E-state index contributed by atoms with van der Waals surface area (Å²) in [6.07, 6.45) is 1.27. The van der Waals surface area contributed by atoms with Gasteiger partial charge in [0.1, 0.15) is 5.75 Å². The van der Waals surface area contributed by atoms with E-state index in [1.807, 2.05) is 31.2 Å². The zero-order chi connectivity index (χ0) is 15.7. The summed E-state index contributed by atoms with van der Waals surface area (Å²) in [6, 6.07) is 7.53. The molecule has 2 unspecified atom stereocenters. The second-order valence-corrected chi connectivity index (χ2v) is 5.24. The molecular formula is C16H25NO4. The van der Waals surface area contributed by atoms with E-state index in [0.29, 0.717) is 12.4 Å². The third kappa shape index (κ3) is 7.68. The van der Waals surface area contributed by atoms with Gasteiger partial charge in [0.05, 0.1) is 12.7 Å². The number of aliphatic hydroxyl groups is 1. The molecule has 21 heavy (non-hydrogen) atoms. The lowest BCUT2D eigenvalue weighted by molar-refractivity contribution is -0.124. The number of methoxy groups -OCH3 is 1. The van der Waals surface area contributed by atoms with Crippen LogP contribution in [0.4, 0.5) is 0 Å². The van der Waals surface area contributed by atoms with Crippen LogP contribution in [0.2, 0.25) is 0 Å². The monoisotopic (exact) mass is 295 g/mol. The summed E-state index contributed by atoms with van der Waals surface area (Å²) in [5.41, 5.74) is 1.14. The number of rotatable bonds is 9. The highest BCUT2D eigenvalue weighted by Crippen LogP contribution is 2.13. The standard InChI is InChI=1S/C16H25NO4/c1-12(10-20-3)17-16(19)11-21-15-8-6-14(7-9-15)5-4-13(2)18/h6-9,12-13,18H,4-5,10-11H2,1-3H3,(H,17,19). The number of carbonyl (C=O) groups excluding carboxylic acids is 1. The van der Waals surface area contributed by atoms with Gasteiger partial charge in [-0.3, -0.25) is 4.79 Å². The number of hydrogen-bond donors (Lipinski definition) is 2. The number of benzene rings is 1. The number of aliphatic hydroxyl groups excluding tert-OH is 1. The van der Waals surface area contributed by atoms with Crippen LogP contribution in [0.1, 0.15) is 25.8 Å². The Kier molecular flexibility index (Phi) is 7.79. The number of carbonyl (C=O) groups is 1. The minimum Gasteiger partial charge on any atom is -0.484 e. The molecule has 0 saturated heterocycles. The molecule has 0 radical (unpaired) electrons. The highest BCUT2D eigenvalue weighted by Gasteiger charge is 2.07. The molecule has 0 aromatic heterocycles. The molecule has 0 aliphatic heterocycles. The second-order valence-electron chi connectivity index (χ2n) is 5.24. The van der Waals surface area contributed by atoms with Gasteiger partial charge in [0.25, 0.3) is 5.91 Å².